The average Bonchev–Trinajstić information content (AvgIpc) is 3.25. The van der Waals surface area contributed by atoms with E-state index in [9.17, 15) is 22.8 Å². The van der Waals surface area contributed by atoms with E-state index in [1.807, 2.05) is 27.7 Å². The van der Waals surface area contributed by atoms with Crippen molar-refractivity contribution in [1.82, 2.24) is 20.3 Å². The first kappa shape index (κ1) is 39.3. The summed E-state index contributed by atoms with van der Waals surface area (Å²) in [6.45, 7) is 17.2. The second-order valence-corrected chi connectivity index (χ2v) is 16.2. The van der Waals surface area contributed by atoms with Gasteiger partial charge in [-0.2, -0.15) is 13.5 Å². The topological polar surface area (TPSA) is 135 Å². The molecule has 0 aromatic heterocycles. The third kappa shape index (κ3) is 10.4. The highest BCUT2D eigenvalue weighted by molar-refractivity contribution is 7.87. The van der Waals surface area contributed by atoms with E-state index in [2.05, 4.69) is 26.3 Å². The second kappa shape index (κ2) is 17.5. The van der Waals surface area contributed by atoms with E-state index in [0.717, 1.165) is 63.2 Å². The maximum absolute atomic E-state index is 14.2. The van der Waals surface area contributed by atoms with Crippen LogP contribution in [0.2, 0.25) is 0 Å². The van der Waals surface area contributed by atoms with Gasteiger partial charge in [-0.15, -0.1) is 4.28 Å². The number of carbonyl (C=O) groups is 3. The second-order valence-electron chi connectivity index (χ2n) is 14.5. The van der Waals surface area contributed by atoms with Gasteiger partial charge in [-0.1, -0.05) is 47.0 Å². The number of carbonyl (C=O) groups excluding carboxylic acids is 3. The zero-order chi connectivity index (χ0) is 34.8. The number of ether oxygens (including phenoxy) is 1. The maximum atomic E-state index is 14.2. The Morgan fingerprint density at radius 3 is 2.00 bits per heavy atom. The van der Waals surface area contributed by atoms with Gasteiger partial charge in [0.05, 0.1) is 31.8 Å². The minimum Gasteiger partial charge on any atom is -0.444 e. The SMILES string of the molecule is CCCC[N+](CCCC)(CCCC)C(CCC)S(=O)(=O)ON1C(=O)N2C[C@H]1CC[C@H]2C(=O)NOC1CCN(C(=O)OC(C)(C)C)CC1. The lowest BCUT2D eigenvalue weighted by atomic mass is 10.0. The molecule has 47 heavy (non-hydrogen) atoms. The molecular weight excluding hydrogens is 626 g/mol. The minimum atomic E-state index is -4.18. The van der Waals surface area contributed by atoms with Crippen LogP contribution in [0.25, 0.3) is 0 Å². The van der Waals surface area contributed by atoms with Gasteiger partial charge in [-0.3, -0.25) is 9.63 Å². The van der Waals surface area contributed by atoms with Crippen molar-refractivity contribution in [1.29, 1.82) is 0 Å². The van der Waals surface area contributed by atoms with Crippen LogP contribution in [-0.4, -0.2) is 114 Å². The summed E-state index contributed by atoms with van der Waals surface area (Å²) in [5, 5.41) is 0.252. The van der Waals surface area contributed by atoms with Gasteiger partial charge in [0.1, 0.15) is 11.6 Å². The van der Waals surface area contributed by atoms with Crippen molar-refractivity contribution >= 4 is 28.1 Å². The Labute approximate surface area is 283 Å². The summed E-state index contributed by atoms with van der Waals surface area (Å²) in [7, 11) is -4.18. The van der Waals surface area contributed by atoms with Crippen LogP contribution in [0.4, 0.5) is 9.59 Å². The number of hydrogen-bond acceptors (Lipinski definition) is 8. The van der Waals surface area contributed by atoms with E-state index in [1.165, 1.54) is 4.90 Å². The van der Waals surface area contributed by atoms with Crippen LogP contribution >= 0.6 is 0 Å². The van der Waals surface area contributed by atoms with E-state index in [1.54, 1.807) is 4.90 Å². The first-order valence-corrected chi connectivity index (χ1v) is 19.5. The summed E-state index contributed by atoms with van der Waals surface area (Å²) in [5.41, 5.74) is 1.96. The fourth-order valence-corrected chi connectivity index (χ4v) is 8.88. The Bertz CT molecular complexity index is 1120. The van der Waals surface area contributed by atoms with Crippen LogP contribution in [0, 0.1) is 0 Å². The highest BCUT2D eigenvalue weighted by Gasteiger charge is 2.53. The molecule has 4 amide bonds. The lowest BCUT2D eigenvalue weighted by Gasteiger charge is -2.44. The van der Waals surface area contributed by atoms with E-state index < -0.39 is 45.1 Å². The molecule has 0 spiro atoms. The van der Waals surface area contributed by atoms with Gasteiger partial charge in [-0.05, 0) is 72.1 Å². The van der Waals surface area contributed by atoms with E-state index in [-0.39, 0.29) is 18.7 Å². The molecule has 3 atom stereocenters. The summed E-state index contributed by atoms with van der Waals surface area (Å²) in [6, 6.07) is -1.85. The van der Waals surface area contributed by atoms with Gasteiger partial charge in [0, 0.05) is 26.1 Å². The van der Waals surface area contributed by atoms with E-state index >= 15 is 0 Å². The molecule has 14 heteroatoms. The van der Waals surface area contributed by atoms with Gasteiger partial charge in [0.2, 0.25) is 5.37 Å². The standard InChI is InChI=1S/C33H61N5O8S/c1-8-12-22-38(23-13-9-2,24-14-10-3)29(15-11-4)47(42,43)46-37-26-16-17-28(36(25-26)31(37)40)30(39)34-45-27-18-20-35(21-19-27)32(41)44-33(5,6)7/h26-29H,8-25H2,1-7H3/p+1/t26-,28+,29?/m1/s1. The fourth-order valence-electron chi connectivity index (χ4n) is 6.98. The minimum absolute atomic E-state index is 0.209. The van der Waals surface area contributed by atoms with Gasteiger partial charge in [0.15, 0.2) is 0 Å². The van der Waals surface area contributed by atoms with Gasteiger partial charge in [0.25, 0.3) is 5.91 Å². The Kier molecular flexibility index (Phi) is 14.6. The zero-order valence-corrected chi connectivity index (χ0v) is 30.8. The van der Waals surface area contributed by atoms with Crippen LogP contribution < -0.4 is 5.48 Å². The Balaban J connectivity index is 1.65. The van der Waals surface area contributed by atoms with Crippen molar-refractivity contribution in [3.63, 3.8) is 0 Å². The smallest absolute Gasteiger partial charge is 0.410 e. The highest BCUT2D eigenvalue weighted by Crippen LogP contribution is 2.34. The molecule has 0 radical (unpaired) electrons. The first-order valence-electron chi connectivity index (χ1n) is 18.0. The third-order valence-electron chi connectivity index (χ3n) is 9.58. The molecule has 0 aromatic carbocycles. The van der Waals surface area contributed by atoms with Crippen molar-refractivity contribution in [3.05, 3.63) is 0 Å². The molecule has 0 aliphatic carbocycles. The largest absolute Gasteiger partial charge is 0.444 e. The van der Waals surface area contributed by atoms with Crippen LogP contribution in [0.5, 0.6) is 0 Å². The zero-order valence-electron chi connectivity index (χ0n) is 30.0. The molecule has 3 fully saturated rings. The Morgan fingerprint density at radius 2 is 1.49 bits per heavy atom. The number of hydrogen-bond donors (Lipinski definition) is 1. The van der Waals surface area contributed by atoms with Crippen molar-refractivity contribution in [3.8, 4) is 0 Å². The molecule has 3 rings (SSSR count). The molecule has 272 valence electrons. The third-order valence-corrected chi connectivity index (χ3v) is 11.3. The number of hydroxylamine groups is 3. The van der Waals surface area contributed by atoms with Crippen LogP contribution in [-0.2, 0) is 28.8 Å². The van der Waals surface area contributed by atoms with Crippen LogP contribution in [0.15, 0.2) is 0 Å². The number of piperidine rings is 2. The molecule has 3 aliphatic heterocycles. The molecule has 3 heterocycles. The van der Waals surface area contributed by atoms with Crippen molar-refractivity contribution < 1.29 is 41.1 Å². The normalized spacial score (nSPS) is 21.7. The Hall–Kier alpha value is -2.16. The average molecular weight is 689 g/mol. The maximum Gasteiger partial charge on any atom is 0.410 e. The van der Waals surface area contributed by atoms with Crippen molar-refractivity contribution in [2.75, 3.05) is 39.3 Å². The first-order chi connectivity index (χ1) is 22.2. The number of nitrogens with one attached hydrogen (secondary N) is 1. The molecule has 3 saturated heterocycles. The molecule has 2 bridgehead atoms. The number of fused-ring (bicyclic) bond motifs is 2. The fraction of sp³-hybridized carbons (Fsp3) is 0.909. The summed E-state index contributed by atoms with van der Waals surface area (Å²) in [5.74, 6) is -0.450. The van der Waals surface area contributed by atoms with Crippen molar-refractivity contribution in [2.24, 2.45) is 0 Å². The molecular formula is C33H62N5O8S+. The monoisotopic (exact) mass is 688 g/mol. The van der Waals surface area contributed by atoms with Crippen LogP contribution in [0.3, 0.4) is 0 Å². The number of nitrogens with zero attached hydrogens (tertiary/aromatic N) is 4. The quantitative estimate of drug-likeness (QED) is 0.151. The lowest BCUT2D eigenvalue weighted by molar-refractivity contribution is -0.939. The molecule has 13 nitrogen and oxygen atoms in total. The van der Waals surface area contributed by atoms with E-state index in [0.29, 0.717) is 56.1 Å². The van der Waals surface area contributed by atoms with Gasteiger partial charge in [-0.25, -0.2) is 15.1 Å². The highest BCUT2D eigenvalue weighted by atomic mass is 32.2. The van der Waals surface area contributed by atoms with Gasteiger partial charge >= 0.3 is 22.2 Å². The predicted octanol–water partition coefficient (Wildman–Crippen LogP) is 5.31. The molecule has 3 aliphatic rings. The summed E-state index contributed by atoms with van der Waals surface area (Å²) in [4.78, 5) is 47.9. The number of amides is 4. The summed E-state index contributed by atoms with van der Waals surface area (Å²) in [6.07, 6.45) is 8.02. The number of likely N-dealkylation sites (tertiary alicyclic amines) is 1. The molecule has 0 aromatic rings. The molecule has 1 N–H and O–H groups in total. The van der Waals surface area contributed by atoms with Crippen molar-refractivity contribution in [2.45, 2.75) is 155 Å². The Morgan fingerprint density at radius 1 is 0.915 bits per heavy atom. The number of urea groups is 1. The van der Waals surface area contributed by atoms with Gasteiger partial charge < -0.3 is 19.0 Å². The summed E-state index contributed by atoms with van der Waals surface area (Å²) >= 11 is 0. The number of unbranched alkanes of at least 4 members (excludes halogenated alkanes) is 3. The molecule has 1 unspecified atom stereocenters. The summed E-state index contributed by atoms with van der Waals surface area (Å²) < 4.78 is 40.1. The number of quaternary nitrogens is 1. The molecule has 0 saturated carbocycles. The number of rotatable bonds is 18. The predicted molar refractivity (Wildman–Crippen MR) is 179 cm³/mol. The van der Waals surface area contributed by atoms with Crippen LogP contribution in [0.1, 0.15) is 126 Å². The van der Waals surface area contributed by atoms with E-state index in [4.69, 9.17) is 13.9 Å². The lowest BCUT2D eigenvalue weighted by Crippen LogP contribution is -2.61.